The van der Waals surface area contributed by atoms with E-state index in [-0.39, 0.29) is 11.9 Å². The number of carbonyl (C=O) groups excluding carboxylic acids is 1. The van der Waals surface area contributed by atoms with Crippen molar-refractivity contribution in [2.75, 3.05) is 6.54 Å². The zero-order valence-corrected chi connectivity index (χ0v) is 14.6. The van der Waals surface area contributed by atoms with Gasteiger partial charge in [-0.3, -0.25) is 4.79 Å². The van der Waals surface area contributed by atoms with Crippen LogP contribution in [-0.4, -0.2) is 27.0 Å². The highest BCUT2D eigenvalue weighted by Gasteiger charge is 2.13. The van der Waals surface area contributed by atoms with Gasteiger partial charge in [0.2, 0.25) is 5.91 Å². The molecule has 5 nitrogen and oxygen atoms in total. The Kier molecular flexibility index (Phi) is 5.05. The van der Waals surface area contributed by atoms with Gasteiger partial charge in [-0.25, -0.2) is 9.97 Å². The molecule has 2 aromatic heterocycles. The van der Waals surface area contributed by atoms with Crippen LogP contribution < -0.4 is 5.32 Å². The standard InChI is InChI=1S/C18H20N4OS/c1-13-3-5-15(6-4-13)18-21-16(11-24-18)7-8-20-17(23)14(2)22-10-9-19-12-22/h3-6,9-12,14H,7-8H2,1-2H3,(H,20,23). The Morgan fingerprint density at radius 2 is 2.12 bits per heavy atom. The van der Waals surface area contributed by atoms with E-state index in [0.717, 1.165) is 22.7 Å². The Labute approximate surface area is 145 Å². The minimum atomic E-state index is -0.258. The summed E-state index contributed by atoms with van der Waals surface area (Å²) in [7, 11) is 0. The molecule has 3 aromatic rings. The number of benzene rings is 1. The van der Waals surface area contributed by atoms with Gasteiger partial charge in [-0.15, -0.1) is 11.3 Å². The van der Waals surface area contributed by atoms with E-state index < -0.39 is 0 Å². The summed E-state index contributed by atoms with van der Waals surface area (Å²) >= 11 is 1.64. The summed E-state index contributed by atoms with van der Waals surface area (Å²) in [4.78, 5) is 20.7. The monoisotopic (exact) mass is 340 g/mol. The summed E-state index contributed by atoms with van der Waals surface area (Å²) in [5, 5.41) is 6.03. The molecular weight excluding hydrogens is 320 g/mol. The molecule has 0 saturated heterocycles. The number of nitrogens with one attached hydrogen (secondary N) is 1. The van der Waals surface area contributed by atoms with Crippen LogP contribution in [-0.2, 0) is 11.2 Å². The lowest BCUT2D eigenvalue weighted by atomic mass is 10.2. The van der Waals surface area contributed by atoms with E-state index >= 15 is 0 Å². The third-order valence-corrected chi connectivity index (χ3v) is 4.82. The second kappa shape index (κ2) is 7.40. The fraction of sp³-hybridized carbons (Fsp3) is 0.278. The number of amides is 1. The van der Waals surface area contributed by atoms with Crippen molar-refractivity contribution in [1.82, 2.24) is 19.9 Å². The van der Waals surface area contributed by atoms with Gasteiger partial charge in [-0.2, -0.15) is 0 Å². The van der Waals surface area contributed by atoms with Crippen molar-refractivity contribution in [1.29, 1.82) is 0 Å². The lowest BCUT2D eigenvalue weighted by Crippen LogP contribution is -2.32. The van der Waals surface area contributed by atoms with Crippen LogP contribution in [0.25, 0.3) is 10.6 Å². The Morgan fingerprint density at radius 1 is 1.33 bits per heavy atom. The Balaban J connectivity index is 1.52. The van der Waals surface area contributed by atoms with E-state index in [2.05, 4.69) is 51.9 Å². The van der Waals surface area contributed by atoms with Crippen LogP contribution in [0.5, 0.6) is 0 Å². The van der Waals surface area contributed by atoms with Crippen LogP contribution >= 0.6 is 11.3 Å². The highest BCUT2D eigenvalue weighted by Crippen LogP contribution is 2.24. The van der Waals surface area contributed by atoms with Crippen molar-refractivity contribution in [2.24, 2.45) is 0 Å². The topological polar surface area (TPSA) is 59.8 Å². The number of aromatic nitrogens is 3. The largest absolute Gasteiger partial charge is 0.354 e. The van der Waals surface area contributed by atoms with Gasteiger partial charge in [0, 0.05) is 36.3 Å². The van der Waals surface area contributed by atoms with Crippen molar-refractivity contribution in [2.45, 2.75) is 26.3 Å². The summed E-state index contributed by atoms with van der Waals surface area (Å²) in [6, 6.07) is 8.10. The van der Waals surface area contributed by atoms with Crippen molar-refractivity contribution in [3.05, 3.63) is 59.6 Å². The molecule has 0 aliphatic heterocycles. The SMILES string of the molecule is Cc1ccc(-c2nc(CCNC(=O)C(C)n3ccnc3)cs2)cc1. The molecule has 3 rings (SSSR count). The maximum atomic E-state index is 12.1. The molecule has 24 heavy (non-hydrogen) atoms. The van der Waals surface area contributed by atoms with Gasteiger partial charge in [-0.05, 0) is 13.8 Å². The molecule has 0 aliphatic rings. The first kappa shape index (κ1) is 16.4. The number of aryl methyl sites for hydroxylation is 1. The minimum absolute atomic E-state index is 0.0120. The quantitative estimate of drug-likeness (QED) is 0.749. The molecule has 1 N–H and O–H groups in total. The molecule has 1 aromatic carbocycles. The molecule has 0 saturated carbocycles. The maximum absolute atomic E-state index is 12.1. The molecule has 0 aliphatic carbocycles. The summed E-state index contributed by atoms with van der Waals surface area (Å²) in [6.45, 7) is 4.51. The normalized spacial score (nSPS) is 12.1. The van der Waals surface area contributed by atoms with E-state index in [0.29, 0.717) is 6.54 Å². The van der Waals surface area contributed by atoms with Crippen LogP contribution in [0.2, 0.25) is 0 Å². The molecule has 1 unspecified atom stereocenters. The molecule has 1 atom stereocenters. The molecule has 2 heterocycles. The summed E-state index contributed by atoms with van der Waals surface area (Å²) in [5.74, 6) is -0.0120. The Bertz CT molecular complexity index is 793. The van der Waals surface area contributed by atoms with Crippen LogP contribution in [0.15, 0.2) is 48.4 Å². The average Bonchev–Trinajstić information content (AvgIpc) is 3.26. The number of carbonyl (C=O) groups is 1. The highest BCUT2D eigenvalue weighted by molar-refractivity contribution is 7.13. The molecular formula is C18H20N4OS. The van der Waals surface area contributed by atoms with E-state index in [1.165, 1.54) is 5.56 Å². The molecule has 6 heteroatoms. The van der Waals surface area contributed by atoms with Crippen molar-refractivity contribution in [3.8, 4) is 10.6 Å². The second-order valence-electron chi connectivity index (χ2n) is 5.74. The first-order valence-corrected chi connectivity index (χ1v) is 8.78. The first-order chi connectivity index (χ1) is 11.6. The van der Waals surface area contributed by atoms with Gasteiger partial charge in [0.15, 0.2) is 0 Å². The van der Waals surface area contributed by atoms with Gasteiger partial charge < -0.3 is 9.88 Å². The Hall–Kier alpha value is -2.47. The third-order valence-electron chi connectivity index (χ3n) is 3.88. The number of rotatable bonds is 6. The van der Waals surface area contributed by atoms with Gasteiger partial charge >= 0.3 is 0 Å². The maximum Gasteiger partial charge on any atom is 0.242 e. The number of hydrogen-bond acceptors (Lipinski definition) is 4. The molecule has 0 bridgehead atoms. The summed E-state index contributed by atoms with van der Waals surface area (Å²) in [6.07, 6.45) is 5.84. The minimum Gasteiger partial charge on any atom is -0.354 e. The lowest BCUT2D eigenvalue weighted by Gasteiger charge is -2.12. The molecule has 0 spiro atoms. The predicted octanol–water partition coefficient (Wildman–Crippen LogP) is 3.23. The smallest absolute Gasteiger partial charge is 0.242 e. The van der Waals surface area contributed by atoms with E-state index in [1.54, 1.807) is 34.6 Å². The second-order valence-corrected chi connectivity index (χ2v) is 6.60. The van der Waals surface area contributed by atoms with E-state index in [4.69, 9.17) is 0 Å². The number of nitrogens with zero attached hydrogens (tertiary/aromatic N) is 3. The molecule has 0 radical (unpaired) electrons. The van der Waals surface area contributed by atoms with Gasteiger partial charge in [0.05, 0.1) is 12.0 Å². The summed E-state index contributed by atoms with van der Waals surface area (Å²) in [5.41, 5.74) is 3.38. The molecule has 1 amide bonds. The molecule has 0 fully saturated rings. The van der Waals surface area contributed by atoms with Crippen LogP contribution in [0.1, 0.15) is 24.2 Å². The van der Waals surface area contributed by atoms with Crippen LogP contribution in [0, 0.1) is 6.92 Å². The Morgan fingerprint density at radius 3 is 2.83 bits per heavy atom. The predicted molar refractivity (Wildman–Crippen MR) is 95.9 cm³/mol. The number of imidazole rings is 1. The number of thiazole rings is 1. The third kappa shape index (κ3) is 3.89. The average molecular weight is 340 g/mol. The van der Waals surface area contributed by atoms with Crippen molar-refractivity contribution in [3.63, 3.8) is 0 Å². The van der Waals surface area contributed by atoms with Crippen molar-refractivity contribution >= 4 is 17.2 Å². The zero-order valence-electron chi connectivity index (χ0n) is 13.8. The van der Waals surface area contributed by atoms with Gasteiger partial charge in [0.1, 0.15) is 11.0 Å². The molecule has 124 valence electrons. The lowest BCUT2D eigenvalue weighted by molar-refractivity contribution is -0.123. The summed E-state index contributed by atoms with van der Waals surface area (Å²) < 4.78 is 1.79. The zero-order chi connectivity index (χ0) is 16.9. The van der Waals surface area contributed by atoms with Crippen LogP contribution in [0.4, 0.5) is 0 Å². The fourth-order valence-electron chi connectivity index (χ4n) is 2.35. The van der Waals surface area contributed by atoms with Crippen molar-refractivity contribution < 1.29 is 4.79 Å². The van der Waals surface area contributed by atoms with E-state index in [9.17, 15) is 4.79 Å². The number of hydrogen-bond donors (Lipinski definition) is 1. The highest BCUT2D eigenvalue weighted by atomic mass is 32.1. The fourth-order valence-corrected chi connectivity index (χ4v) is 3.21. The first-order valence-electron chi connectivity index (χ1n) is 7.90. The van der Waals surface area contributed by atoms with Gasteiger partial charge in [0.25, 0.3) is 0 Å². The van der Waals surface area contributed by atoms with Crippen LogP contribution in [0.3, 0.4) is 0 Å². The van der Waals surface area contributed by atoms with Gasteiger partial charge in [-0.1, -0.05) is 29.8 Å². The van der Waals surface area contributed by atoms with E-state index in [1.807, 2.05) is 6.92 Å².